The van der Waals surface area contributed by atoms with Gasteiger partial charge < -0.3 is 9.88 Å². The average Bonchev–Trinajstić information content (AvgIpc) is 3.04. The number of nitrogens with one attached hydrogen (secondary N) is 1. The monoisotopic (exact) mass is 286 g/mol. The second-order valence-electron chi connectivity index (χ2n) is 5.26. The highest BCUT2D eigenvalue weighted by molar-refractivity contribution is 5.92. The topological polar surface area (TPSA) is 75.9 Å². The van der Waals surface area contributed by atoms with E-state index in [1.165, 1.54) is 12.4 Å². The lowest BCUT2D eigenvalue weighted by Gasteiger charge is -2.37. The van der Waals surface area contributed by atoms with Crippen molar-refractivity contribution in [1.29, 1.82) is 0 Å². The first kappa shape index (κ1) is 13.7. The van der Waals surface area contributed by atoms with Crippen molar-refractivity contribution in [2.24, 2.45) is 0 Å². The number of rotatable bonds is 3. The minimum atomic E-state index is -0.165. The van der Waals surface area contributed by atoms with Gasteiger partial charge in [-0.25, -0.2) is 9.97 Å². The van der Waals surface area contributed by atoms with Gasteiger partial charge in [-0.2, -0.15) is 0 Å². The Morgan fingerprint density at radius 1 is 1.33 bits per heavy atom. The molecule has 0 aromatic carbocycles. The van der Waals surface area contributed by atoms with Gasteiger partial charge in [0.15, 0.2) is 0 Å². The van der Waals surface area contributed by atoms with Gasteiger partial charge in [-0.1, -0.05) is 0 Å². The molecular weight excluding hydrogens is 268 g/mol. The standard InChI is InChI=1S/C14H18N6O/c1-19-6-2-11(8-13(19)20-7-5-16-10-20)18-14(21)12-9-15-3-4-17-12/h3-5,7,9-11,13H,2,6,8H2,1H3,(H,18,21). The third-order valence-corrected chi connectivity index (χ3v) is 3.83. The first-order valence-corrected chi connectivity index (χ1v) is 6.98. The molecule has 7 nitrogen and oxygen atoms in total. The van der Waals surface area contributed by atoms with Gasteiger partial charge in [-0.3, -0.25) is 14.7 Å². The summed E-state index contributed by atoms with van der Waals surface area (Å²) in [6, 6.07) is 0.128. The summed E-state index contributed by atoms with van der Waals surface area (Å²) in [6.45, 7) is 0.925. The highest BCUT2D eigenvalue weighted by Crippen LogP contribution is 2.24. The number of amides is 1. The van der Waals surface area contributed by atoms with Crippen molar-refractivity contribution in [2.75, 3.05) is 13.6 Å². The predicted molar refractivity (Wildman–Crippen MR) is 76.4 cm³/mol. The Morgan fingerprint density at radius 3 is 2.95 bits per heavy atom. The second kappa shape index (κ2) is 6.01. The van der Waals surface area contributed by atoms with Crippen LogP contribution in [0.2, 0.25) is 0 Å². The minimum absolute atomic E-state index is 0.128. The summed E-state index contributed by atoms with van der Waals surface area (Å²) >= 11 is 0. The van der Waals surface area contributed by atoms with E-state index in [2.05, 4.69) is 36.8 Å². The molecule has 2 atom stereocenters. The third-order valence-electron chi connectivity index (χ3n) is 3.83. The molecule has 2 aromatic heterocycles. The molecule has 21 heavy (non-hydrogen) atoms. The van der Waals surface area contributed by atoms with E-state index in [4.69, 9.17) is 0 Å². The van der Waals surface area contributed by atoms with Crippen molar-refractivity contribution in [3.63, 3.8) is 0 Å². The fraction of sp³-hybridized carbons (Fsp3) is 0.429. The lowest BCUT2D eigenvalue weighted by atomic mass is 10.0. The molecule has 1 N–H and O–H groups in total. The fourth-order valence-corrected chi connectivity index (χ4v) is 2.66. The van der Waals surface area contributed by atoms with Gasteiger partial charge in [-0.05, 0) is 13.5 Å². The number of piperidine rings is 1. The Hall–Kier alpha value is -2.28. The molecule has 0 spiro atoms. The van der Waals surface area contributed by atoms with Gasteiger partial charge in [0, 0.05) is 43.8 Å². The summed E-state index contributed by atoms with van der Waals surface area (Å²) < 4.78 is 2.07. The van der Waals surface area contributed by atoms with Gasteiger partial charge in [0.05, 0.1) is 18.7 Å². The fourth-order valence-electron chi connectivity index (χ4n) is 2.66. The lowest BCUT2D eigenvalue weighted by molar-refractivity contribution is 0.0804. The van der Waals surface area contributed by atoms with Crippen LogP contribution in [0, 0.1) is 0 Å². The first-order valence-electron chi connectivity index (χ1n) is 6.98. The van der Waals surface area contributed by atoms with Crippen LogP contribution in [0.3, 0.4) is 0 Å². The second-order valence-corrected chi connectivity index (χ2v) is 5.26. The summed E-state index contributed by atoms with van der Waals surface area (Å²) in [5.74, 6) is -0.165. The van der Waals surface area contributed by atoms with Crippen molar-refractivity contribution >= 4 is 5.91 Å². The molecule has 3 heterocycles. The van der Waals surface area contributed by atoms with Crippen molar-refractivity contribution in [3.05, 3.63) is 43.0 Å². The van der Waals surface area contributed by atoms with Crippen molar-refractivity contribution in [2.45, 2.75) is 25.0 Å². The van der Waals surface area contributed by atoms with E-state index < -0.39 is 0 Å². The van der Waals surface area contributed by atoms with Gasteiger partial charge in [0.25, 0.3) is 5.91 Å². The lowest BCUT2D eigenvalue weighted by Crippen LogP contribution is -2.46. The number of hydrogen-bond acceptors (Lipinski definition) is 5. The van der Waals surface area contributed by atoms with Crippen LogP contribution in [-0.4, -0.2) is 50.0 Å². The van der Waals surface area contributed by atoms with Crippen LogP contribution in [0.4, 0.5) is 0 Å². The molecule has 2 aromatic rings. The average molecular weight is 286 g/mol. The first-order chi connectivity index (χ1) is 10.2. The molecule has 1 aliphatic heterocycles. The summed E-state index contributed by atoms with van der Waals surface area (Å²) in [5.41, 5.74) is 0.357. The van der Waals surface area contributed by atoms with Crippen LogP contribution >= 0.6 is 0 Å². The molecule has 7 heteroatoms. The molecule has 2 unspecified atom stereocenters. The summed E-state index contributed by atoms with van der Waals surface area (Å²) in [6.07, 6.45) is 12.1. The maximum absolute atomic E-state index is 12.1. The number of likely N-dealkylation sites (tertiary alicyclic amines) is 1. The molecule has 3 rings (SSSR count). The van der Waals surface area contributed by atoms with Crippen LogP contribution in [0.1, 0.15) is 29.5 Å². The molecule has 0 saturated carbocycles. The Labute approximate surface area is 123 Å². The molecule has 110 valence electrons. The van der Waals surface area contributed by atoms with Gasteiger partial charge in [0.1, 0.15) is 5.69 Å². The number of carbonyl (C=O) groups is 1. The smallest absolute Gasteiger partial charge is 0.271 e. The van der Waals surface area contributed by atoms with Gasteiger partial charge in [0.2, 0.25) is 0 Å². The zero-order chi connectivity index (χ0) is 14.7. The van der Waals surface area contributed by atoms with Crippen LogP contribution in [0.5, 0.6) is 0 Å². The van der Waals surface area contributed by atoms with Crippen molar-refractivity contribution < 1.29 is 4.79 Å². The maximum atomic E-state index is 12.1. The quantitative estimate of drug-likeness (QED) is 0.898. The van der Waals surface area contributed by atoms with Crippen LogP contribution in [-0.2, 0) is 0 Å². The molecule has 0 aliphatic carbocycles. The van der Waals surface area contributed by atoms with E-state index in [1.54, 1.807) is 12.4 Å². The Kier molecular flexibility index (Phi) is 3.92. The number of hydrogen-bond donors (Lipinski definition) is 1. The van der Waals surface area contributed by atoms with E-state index in [0.717, 1.165) is 19.4 Å². The highest BCUT2D eigenvalue weighted by atomic mass is 16.1. The maximum Gasteiger partial charge on any atom is 0.271 e. The number of imidazole rings is 1. The summed E-state index contributed by atoms with van der Waals surface area (Å²) in [5, 5.41) is 3.05. The molecule has 0 radical (unpaired) electrons. The number of aromatic nitrogens is 4. The Balaban J connectivity index is 1.66. The van der Waals surface area contributed by atoms with E-state index in [0.29, 0.717) is 5.69 Å². The van der Waals surface area contributed by atoms with Crippen LogP contribution in [0.15, 0.2) is 37.3 Å². The van der Waals surface area contributed by atoms with E-state index >= 15 is 0 Å². The summed E-state index contributed by atoms with van der Waals surface area (Å²) in [7, 11) is 2.09. The minimum Gasteiger partial charge on any atom is -0.348 e. The molecule has 0 bridgehead atoms. The molecule has 1 saturated heterocycles. The molecular formula is C14H18N6O. The molecule has 1 aliphatic rings. The molecule has 1 amide bonds. The SMILES string of the molecule is CN1CCC(NC(=O)c2cnccn2)CC1n1ccnc1. The van der Waals surface area contributed by atoms with Gasteiger partial charge >= 0.3 is 0 Å². The Morgan fingerprint density at radius 2 is 2.24 bits per heavy atom. The van der Waals surface area contributed by atoms with Crippen LogP contribution < -0.4 is 5.32 Å². The number of carbonyl (C=O) groups excluding carboxylic acids is 1. The molecule has 1 fully saturated rings. The normalized spacial score (nSPS) is 22.9. The zero-order valence-corrected chi connectivity index (χ0v) is 11.9. The van der Waals surface area contributed by atoms with E-state index in [-0.39, 0.29) is 18.1 Å². The largest absolute Gasteiger partial charge is 0.348 e. The third kappa shape index (κ3) is 3.08. The number of nitrogens with zero attached hydrogens (tertiary/aromatic N) is 5. The summed E-state index contributed by atoms with van der Waals surface area (Å²) in [4.78, 5) is 26.5. The Bertz CT molecular complexity index is 585. The highest BCUT2D eigenvalue weighted by Gasteiger charge is 2.28. The van der Waals surface area contributed by atoms with E-state index in [1.807, 2.05) is 12.5 Å². The predicted octanol–water partition coefficient (Wildman–Crippen LogP) is 0.696. The van der Waals surface area contributed by atoms with E-state index in [9.17, 15) is 4.79 Å². The van der Waals surface area contributed by atoms with Crippen molar-refractivity contribution in [3.8, 4) is 0 Å². The van der Waals surface area contributed by atoms with Crippen molar-refractivity contribution in [1.82, 2.24) is 29.7 Å². The van der Waals surface area contributed by atoms with Gasteiger partial charge in [-0.15, -0.1) is 0 Å². The zero-order valence-electron chi connectivity index (χ0n) is 11.9. The van der Waals surface area contributed by atoms with Crippen LogP contribution in [0.25, 0.3) is 0 Å².